The van der Waals surface area contributed by atoms with E-state index in [1.807, 2.05) is 0 Å². The van der Waals surface area contributed by atoms with Gasteiger partial charge < -0.3 is 0 Å². The summed E-state index contributed by atoms with van der Waals surface area (Å²) in [7, 11) is 0. The molecule has 0 nitrogen and oxygen atoms in total. The van der Waals surface area contributed by atoms with E-state index in [9.17, 15) is 0 Å². The first-order valence-electron chi connectivity index (χ1n) is 15.1. The van der Waals surface area contributed by atoms with Crippen molar-refractivity contribution in [3.05, 3.63) is 142 Å². The lowest BCUT2D eigenvalue weighted by molar-refractivity contribution is 0.385. The minimum atomic E-state index is 0.108. The fourth-order valence-electron chi connectivity index (χ4n) is 5.59. The average Bonchev–Trinajstić information content (AvgIpc) is 2.84. The second-order valence-corrected chi connectivity index (χ2v) is 13.8. The summed E-state index contributed by atoms with van der Waals surface area (Å²) in [5.74, 6) is 0. The highest BCUT2D eigenvalue weighted by Crippen LogP contribution is 2.42. The van der Waals surface area contributed by atoms with Crippen LogP contribution in [0.4, 0.5) is 0 Å². The fourth-order valence-corrected chi connectivity index (χ4v) is 6.32. The Hall–Kier alpha value is -2.77. The number of allylic oxidation sites excluding steroid dienone is 24. The van der Waals surface area contributed by atoms with Crippen LogP contribution in [-0.2, 0) is 0 Å². The van der Waals surface area contributed by atoms with Crippen LogP contribution < -0.4 is 0 Å². The maximum Gasteiger partial charge on any atom is 0.00749 e. The molecule has 2 aliphatic rings. The topological polar surface area (TPSA) is 0 Å². The Labute approximate surface area is 258 Å². The van der Waals surface area contributed by atoms with Crippen LogP contribution in [-0.4, -0.2) is 5.25 Å². The molecule has 0 aromatic carbocycles. The van der Waals surface area contributed by atoms with Crippen molar-refractivity contribution in [1.82, 2.24) is 0 Å². The van der Waals surface area contributed by atoms with Crippen LogP contribution in [0, 0.1) is 10.8 Å². The lowest BCUT2D eigenvalue weighted by atomic mass is 9.72. The zero-order chi connectivity index (χ0) is 30.6. The van der Waals surface area contributed by atoms with Crippen molar-refractivity contribution in [2.75, 3.05) is 0 Å². The van der Waals surface area contributed by atoms with Gasteiger partial charge in [0.25, 0.3) is 0 Å². The second kappa shape index (κ2) is 16.0. The van der Waals surface area contributed by atoms with E-state index in [2.05, 4.69) is 166 Å². The predicted molar refractivity (Wildman–Crippen MR) is 189 cm³/mol. The molecule has 0 N–H and O–H groups in total. The summed E-state index contributed by atoms with van der Waals surface area (Å²) in [6, 6.07) is 0. The molecular formula is C40H54S. The molecule has 2 rings (SSSR count). The van der Waals surface area contributed by atoms with Gasteiger partial charge in [-0.1, -0.05) is 158 Å². The van der Waals surface area contributed by atoms with Crippen LogP contribution in [0.2, 0.25) is 0 Å². The molecule has 41 heavy (non-hydrogen) atoms. The van der Waals surface area contributed by atoms with Crippen LogP contribution in [0.15, 0.2) is 142 Å². The van der Waals surface area contributed by atoms with Gasteiger partial charge in [0.1, 0.15) is 0 Å². The molecule has 0 aliphatic heterocycles. The van der Waals surface area contributed by atoms with Crippen LogP contribution in [0.3, 0.4) is 0 Å². The summed E-state index contributed by atoms with van der Waals surface area (Å²) in [6.07, 6.45) is 38.3. The molecule has 0 amide bonds. The van der Waals surface area contributed by atoms with Crippen molar-refractivity contribution in [2.45, 2.75) is 93.7 Å². The number of hydrogen-bond acceptors (Lipinski definition) is 1. The standard InChI is InChI=1S/C40H54S/c1-30(18-13-20-32(3)23-25-37-34(5)22-15-27-39(37,7)8)16-11-12-17-31(2)19-14-21-33(4)24-26-38-35(6)28-36(41)29-40(38,9)10/h11-21,23-27,36,41H,22,28-29H2,1-10H3/b12-11+,18-13+,19-14+,25-23+,26-24+,30-16+,31-17+,32-20+,33-21+/t36-/m0/s1. The van der Waals surface area contributed by atoms with Crippen molar-refractivity contribution in [3.63, 3.8) is 0 Å². The van der Waals surface area contributed by atoms with Crippen LogP contribution in [0.5, 0.6) is 0 Å². The van der Waals surface area contributed by atoms with Crippen molar-refractivity contribution >= 4 is 12.6 Å². The summed E-state index contributed by atoms with van der Waals surface area (Å²) in [5, 5.41) is 0.472. The summed E-state index contributed by atoms with van der Waals surface area (Å²) in [5.41, 5.74) is 11.0. The predicted octanol–water partition coefficient (Wildman–Crippen LogP) is 12.3. The summed E-state index contributed by atoms with van der Waals surface area (Å²) >= 11 is 4.73. The molecule has 0 heterocycles. The number of hydrogen-bond donors (Lipinski definition) is 1. The molecule has 1 atom stereocenters. The maximum atomic E-state index is 4.73. The van der Waals surface area contributed by atoms with Gasteiger partial charge in [0, 0.05) is 10.7 Å². The summed E-state index contributed by atoms with van der Waals surface area (Å²) in [4.78, 5) is 0. The van der Waals surface area contributed by atoms with Crippen molar-refractivity contribution in [2.24, 2.45) is 10.8 Å². The molecule has 0 aromatic heterocycles. The first kappa shape index (κ1) is 34.4. The van der Waals surface area contributed by atoms with Gasteiger partial charge in [-0.15, -0.1) is 0 Å². The molecule has 0 unspecified atom stereocenters. The lowest BCUT2D eigenvalue weighted by Gasteiger charge is -2.36. The van der Waals surface area contributed by atoms with Crippen LogP contribution in [0.1, 0.15) is 88.5 Å². The van der Waals surface area contributed by atoms with E-state index in [4.69, 9.17) is 12.6 Å². The van der Waals surface area contributed by atoms with Gasteiger partial charge >= 0.3 is 0 Å². The first-order chi connectivity index (χ1) is 19.2. The smallest absolute Gasteiger partial charge is 0.00749 e. The molecule has 0 saturated carbocycles. The van der Waals surface area contributed by atoms with Gasteiger partial charge in [0.15, 0.2) is 0 Å². The van der Waals surface area contributed by atoms with E-state index in [1.54, 1.807) is 0 Å². The third-order valence-corrected chi connectivity index (χ3v) is 8.25. The van der Waals surface area contributed by atoms with Gasteiger partial charge in [-0.3, -0.25) is 0 Å². The molecule has 0 bridgehead atoms. The molecular weight excluding hydrogens is 513 g/mol. The van der Waals surface area contributed by atoms with E-state index in [0.717, 1.165) is 19.3 Å². The molecule has 0 radical (unpaired) electrons. The molecule has 0 saturated heterocycles. The number of rotatable bonds is 10. The van der Waals surface area contributed by atoms with Gasteiger partial charge in [-0.25, -0.2) is 0 Å². The molecule has 0 fully saturated rings. The average molecular weight is 567 g/mol. The number of thiol groups is 1. The zero-order valence-electron chi connectivity index (χ0n) is 27.4. The normalized spacial score (nSPS) is 23.1. The van der Waals surface area contributed by atoms with E-state index in [1.165, 1.54) is 44.6 Å². The van der Waals surface area contributed by atoms with Gasteiger partial charge in [-0.2, -0.15) is 12.6 Å². The molecule has 0 aromatic rings. The quantitative estimate of drug-likeness (QED) is 0.152. The summed E-state index contributed by atoms with van der Waals surface area (Å²) < 4.78 is 0. The van der Waals surface area contributed by atoms with E-state index >= 15 is 0 Å². The largest absolute Gasteiger partial charge is 0.176 e. The molecule has 0 spiro atoms. The Balaban J connectivity index is 1.90. The van der Waals surface area contributed by atoms with E-state index in [-0.39, 0.29) is 10.8 Å². The van der Waals surface area contributed by atoms with Crippen LogP contribution in [0.25, 0.3) is 0 Å². The maximum absolute atomic E-state index is 4.73. The SMILES string of the molecule is CC1=C(/C=C/C(C)=C/C=C/C(C)=C/C=C/C=C(C)/C=C/C=C(C)/C=C/C2=C(C)C[C@H](S)CC2(C)C)C(C)(C)C=CC1. The monoisotopic (exact) mass is 566 g/mol. The highest BCUT2D eigenvalue weighted by atomic mass is 32.1. The highest BCUT2D eigenvalue weighted by Gasteiger charge is 2.30. The molecule has 2 aliphatic carbocycles. The Morgan fingerprint density at radius 3 is 1.63 bits per heavy atom. The fraction of sp³-hybridized carbons (Fsp3) is 0.400. The first-order valence-corrected chi connectivity index (χ1v) is 15.6. The summed E-state index contributed by atoms with van der Waals surface area (Å²) in [6.45, 7) is 22.3. The third-order valence-electron chi connectivity index (χ3n) is 7.88. The van der Waals surface area contributed by atoms with Crippen molar-refractivity contribution < 1.29 is 0 Å². The van der Waals surface area contributed by atoms with Gasteiger partial charge in [-0.05, 0) is 77.4 Å². The molecule has 1 heteroatoms. The lowest BCUT2D eigenvalue weighted by Crippen LogP contribution is -2.25. The third kappa shape index (κ3) is 11.9. The van der Waals surface area contributed by atoms with Gasteiger partial charge in [0.2, 0.25) is 0 Å². The zero-order valence-corrected chi connectivity index (χ0v) is 28.3. The van der Waals surface area contributed by atoms with Crippen LogP contribution >= 0.6 is 12.6 Å². The highest BCUT2D eigenvalue weighted by molar-refractivity contribution is 7.81. The van der Waals surface area contributed by atoms with Gasteiger partial charge in [0.05, 0.1) is 0 Å². The Morgan fingerprint density at radius 2 is 1.15 bits per heavy atom. The minimum Gasteiger partial charge on any atom is -0.176 e. The Bertz CT molecular complexity index is 1300. The van der Waals surface area contributed by atoms with E-state index in [0.29, 0.717) is 5.25 Å². The minimum absolute atomic E-state index is 0.108. The van der Waals surface area contributed by atoms with E-state index < -0.39 is 0 Å². The van der Waals surface area contributed by atoms with Crippen molar-refractivity contribution in [1.29, 1.82) is 0 Å². The molecule has 220 valence electrons. The Morgan fingerprint density at radius 1 is 0.683 bits per heavy atom. The second-order valence-electron chi connectivity index (χ2n) is 13.1. The van der Waals surface area contributed by atoms with Crippen molar-refractivity contribution in [3.8, 4) is 0 Å². The Kier molecular flexibility index (Phi) is 13.5.